The van der Waals surface area contributed by atoms with Crippen LogP contribution in [0.1, 0.15) is 5.69 Å². The van der Waals surface area contributed by atoms with Crippen LogP contribution in [0, 0.1) is 17.0 Å². The third kappa shape index (κ3) is 3.69. The monoisotopic (exact) mass is 272 g/mol. The first-order valence-electron chi connectivity index (χ1n) is 5.09. The smallest absolute Gasteiger partial charge is 0.444 e. The van der Waals surface area contributed by atoms with Crippen molar-refractivity contribution in [2.24, 2.45) is 12.4 Å². The molecule has 0 aliphatic carbocycles. The maximum Gasteiger partial charge on any atom is 1.00 e. The van der Waals surface area contributed by atoms with E-state index in [4.69, 9.17) is 15.8 Å². The van der Waals surface area contributed by atoms with Gasteiger partial charge in [-0.05, 0) is 19.1 Å². The number of nitrogens with two attached hydrogens (primary N) is 1. The largest absolute Gasteiger partial charge is 1.00 e. The quantitative estimate of drug-likeness (QED) is 0.380. The van der Waals surface area contributed by atoms with Crippen LogP contribution < -0.4 is 40.9 Å². The van der Waals surface area contributed by atoms with Crippen molar-refractivity contribution in [2.75, 3.05) is 5.73 Å². The molecule has 0 fully saturated rings. The van der Waals surface area contributed by atoms with Gasteiger partial charge in [-0.2, -0.15) is 0 Å². The number of hydrogen-bond donors (Lipinski definition) is 1. The molecule has 19 heavy (non-hydrogen) atoms. The van der Waals surface area contributed by atoms with Crippen LogP contribution in [0.5, 0.6) is 0 Å². The zero-order valence-electron chi connectivity index (χ0n) is 11.0. The third-order valence-corrected chi connectivity index (χ3v) is 2.60. The number of aromatic nitrogens is 2. The van der Waals surface area contributed by atoms with Crippen molar-refractivity contribution in [3.05, 3.63) is 56.5 Å². The summed E-state index contributed by atoms with van der Waals surface area (Å²) in [5, 5.41) is 9.00. The van der Waals surface area contributed by atoms with Gasteiger partial charge in [0.25, 0.3) is 5.56 Å². The Hall–Kier alpha value is -1.57. The maximum atomic E-state index is 11.8. The molecule has 0 aliphatic rings. The van der Waals surface area contributed by atoms with Crippen molar-refractivity contribution in [3.63, 3.8) is 0 Å². The van der Waals surface area contributed by atoms with E-state index in [1.54, 1.807) is 9.36 Å². The summed E-state index contributed by atoms with van der Waals surface area (Å²) in [6.07, 6.45) is 0. The number of anilines is 1. The summed E-state index contributed by atoms with van der Waals surface area (Å²) < 4.78 is 3.32. The second-order valence-electron chi connectivity index (χ2n) is 3.55. The van der Waals surface area contributed by atoms with Gasteiger partial charge in [0.1, 0.15) is 5.69 Å². The predicted octanol–water partition coefficient (Wildman–Crippen LogP) is -1.68. The van der Waals surface area contributed by atoms with E-state index < -0.39 is 0 Å². The van der Waals surface area contributed by atoms with Gasteiger partial charge in [-0.25, -0.2) is 4.68 Å². The molecule has 1 aromatic carbocycles. The Bertz CT molecular complexity index is 592. The van der Waals surface area contributed by atoms with Crippen molar-refractivity contribution >= 4 is 5.69 Å². The van der Waals surface area contributed by atoms with E-state index in [1.165, 1.54) is 0 Å². The Balaban J connectivity index is 0.000000742. The van der Waals surface area contributed by atoms with Crippen LogP contribution in [0.15, 0.2) is 40.5 Å². The number of hydrogen-bond acceptors (Lipinski definition) is 5. The Labute approximate surface area is 131 Å². The molecule has 0 spiro atoms. The average molecular weight is 272 g/mol. The number of benzene rings is 1. The summed E-state index contributed by atoms with van der Waals surface area (Å²) in [5.41, 5.74) is 7.43. The molecule has 1 aromatic heterocycles. The molecule has 0 bridgehead atoms. The first-order valence-corrected chi connectivity index (χ1v) is 5.09. The predicted molar refractivity (Wildman–Crippen MR) is 69.3 cm³/mol. The zero-order valence-corrected chi connectivity index (χ0v) is 13.0. The molecule has 2 N–H and O–H groups in total. The van der Waals surface area contributed by atoms with Crippen LogP contribution in [-0.4, -0.2) is 9.36 Å². The van der Waals surface area contributed by atoms with Crippen LogP contribution in [0.2, 0.25) is 0 Å². The van der Waals surface area contributed by atoms with Crippen molar-refractivity contribution in [1.29, 1.82) is 0 Å². The average Bonchev–Trinajstić information content (AvgIpc) is 2.56. The molecule has 2 rings (SSSR count). The Kier molecular flexibility index (Phi) is 7.13. The maximum absolute atomic E-state index is 11.8. The Morgan fingerprint density at radius 3 is 2.11 bits per heavy atom. The van der Waals surface area contributed by atoms with Gasteiger partial charge in [0.15, 0.2) is 0 Å². The molecule has 0 atom stereocenters. The summed E-state index contributed by atoms with van der Waals surface area (Å²) in [6, 6.07) is 9.44. The van der Waals surface area contributed by atoms with Crippen LogP contribution in [0.25, 0.3) is 5.69 Å². The first-order chi connectivity index (χ1) is 8.54. The van der Waals surface area contributed by atoms with Gasteiger partial charge in [-0.1, -0.05) is 18.2 Å². The molecule has 0 unspecified atom stereocenters. The standard InChI is InChI=1S/C11H13N3O.HNO2.Na/c1-8-10(12)11(15)14(13(8)2)9-6-4-3-5-7-9;2-1-3;/h3-7H,12H2,1-2H3;(H,2,3);/q;;+1/p-1. The minimum absolute atomic E-state index is 0. The molecule has 0 aliphatic heterocycles. The molecule has 8 heteroatoms. The SMILES string of the molecule is Cc1c(N)c(=O)n(-c2ccccc2)n1C.O=N[O-].[Na+]. The van der Waals surface area contributed by atoms with Gasteiger partial charge in [-0.15, -0.1) is 5.34 Å². The molecule has 0 amide bonds. The van der Waals surface area contributed by atoms with Crippen LogP contribution in [0.4, 0.5) is 5.69 Å². The van der Waals surface area contributed by atoms with E-state index >= 15 is 0 Å². The van der Waals surface area contributed by atoms with Gasteiger partial charge in [-0.3, -0.25) is 9.48 Å². The third-order valence-electron chi connectivity index (χ3n) is 2.60. The van der Waals surface area contributed by atoms with Gasteiger partial charge in [0, 0.05) is 7.05 Å². The summed E-state index contributed by atoms with van der Waals surface area (Å²) in [4.78, 5) is 19.8. The van der Waals surface area contributed by atoms with Gasteiger partial charge in [0.05, 0.1) is 11.4 Å². The van der Waals surface area contributed by atoms with E-state index in [0.717, 1.165) is 16.7 Å². The summed E-state index contributed by atoms with van der Waals surface area (Å²) in [5.74, 6) is 0. The molecule has 2 aromatic rings. The molecule has 96 valence electrons. The Morgan fingerprint density at radius 1 is 1.26 bits per heavy atom. The molecule has 0 saturated carbocycles. The van der Waals surface area contributed by atoms with Crippen LogP contribution >= 0.6 is 0 Å². The van der Waals surface area contributed by atoms with Crippen molar-refractivity contribution in [3.8, 4) is 5.69 Å². The zero-order chi connectivity index (χ0) is 13.7. The first kappa shape index (κ1) is 17.4. The van der Waals surface area contributed by atoms with Gasteiger partial charge in [0.2, 0.25) is 0 Å². The molecule has 7 nitrogen and oxygen atoms in total. The van der Waals surface area contributed by atoms with Crippen LogP contribution in [-0.2, 0) is 7.05 Å². The minimum atomic E-state index is -0.166. The summed E-state index contributed by atoms with van der Waals surface area (Å²) in [6.45, 7) is 1.83. The van der Waals surface area contributed by atoms with Crippen molar-refractivity contribution < 1.29 is 29.6 Å². The summed E-state index contributed by atoms with van der Waals surface area (Å²) in [7, 11) is 1.82. The van der Waals surface area contributed by atoms with Gasteiger partial charge < -0.3 is 15.8 Å². The Morgan fingerprint density at radius 2 is 1.74 bits per heavy atom. The second kappa shape index (κ2) is 7.78. The molecule has 0 radical (unpaired) electrons. The topological polar surface area (TPSA) is 105 Å². The van der Waals surface area contributed by atoms with E-state index in [2.05, 4.69) is 0 Å². The van der Waals surface area contributed by atoms with E-state index in [-0.39, 0.29) is 35.1 Å². The van der Waals surface area contributed by atoms with Crippen molar-refractivity contribution in [2.45, 2.75) is 6.92 Å². The van der Waals surface area contributed by atoms with Gasteiger partial charge >= 0.3 is 29.6 Å². The van der Waals surface area contributed by atoms with Crippen LogP contribution in [0.3, 0.4) is 0 Å². The summed E-state index contributed by atoms with van der Waals surface area (Å²) >= 11 is 0. The molecule has 0 saturated heterocycles. The van der Waals surface area contributed by atoms with Crippen molar-refractivity contribution in [1.82, 2.24) is 9.36 Å². The molecule has 1 heterocycles. The number of para-hydroxylation sites is 1. The number of rotatable bonds is 1. The second-order valence-corrected chi connectivity index (χ2v) is 3.55. The van der Waals surface area contributed by atoms with E-state index in [1.807, 2.05) is 44.3 Å². The molecular weight excluding hydrogens is 259 g/mol. The fraction of sp³-hybridized carbons (Fsp3) is 0.182. The van der Waals surface area contributed by atoms with E-state index in [9.17, 15) is 4.79 Å². The fourth-order valence-electron chi connectivity index (χ4n) is 1.59. The fourth-order valence-corrected chi connectivity index (χ4v) is 1.59. The normalized spacial score (nSPS) is 8.95. The molecular formula is C11H13N4NaO3. The number of nitrogens with zero attached hydrogens (tertiary/aromatic N) is 3. The minimum Gasteiger partial charge on any atom is -0.444 e. The van der Waals surface area contributed by atoms with E-state index in [0.29, 0.717) is 5.69 Å². The number of nitrogen functional groups attached to an aromatic ring is 1.